The van der Waals surface area contributed by atoms with Crippen molar-refractivity contribution in [3.8, 4) is 0 Å². The highest BCUT2D eigenvalue weighted by Gasteiger charge is 2.16. The van der Waals surface area contributed by atoms with Gasteiger partial charge in [0.2, 0.25) is 5.91 Å². The summed E-state index contributed by atoms with van der Waals surface area (Å²) < 4.78 is 0. The summed E-state index contributed by atoms with van der Waals surface area (Å²) in [5.41, 5.74) is 1.41. The highest BCUT2D eigenvalue weighted by molar-refractivity contribution is 5.95. The predicted molar refractivity (Wildman–Crippen MR) is 84.5 cm³/mol. The van der Waals surface area contributed by atoms with E-state index >= 15 is 0 Å². The van der Waals surface area contributed by atoms with E-state index in [4.69, 9.17) is 0 Å². The monoisotopic (exact) mass is 288 g/mol. The summed E-state index contributed by atoms with van der Waals surface area (Å²) >= 11 is 0. The molecule has 1 heterocycles. The SMILES string of the molecule is CC(=O)c1ccc(NC(=O)CCN2CCCC(C)C2)cc1. The molecule has 4 nitrogen and oxygen atoms in total. The van der Waals surface area contributed by atoms with E-state index in [1.165, 1.54) is 19.8 Å². The Morgan fingerprint density at radius 3 is 2.62 bits per heavy atom. The van der Waals surface area contributed by atoms with Gasteiger partial charge in [-0.15, -0.1) is 0 Å². The third-order valence-corrected chi connectivity index (χ3v) is 3.97. The Bertz CT molecular complexity index is 496. The maximum absolute atomic E-state index is 12.0. The lowest BCUT2D eigenvalue weighted by atomic mass is 10.0. The Morgan fingerprint density at radius 1 is 1.29 bits per heavy atom. The third-order valence-electron chi connectivity index (χ3n) is 3.97. The molecule has 1 aromatic rings. The fourth-order valence-corrected chi connectivity index (χ4v) is 2.76. The minimum atomic E-state index is 0.0313. The molecule has 0 bridgehead atoms. The normalized spacial score (nSPS) is 19.2. The number of rotatable bonds is 5. The minimum Gasteiger partial charge on any atom is -0.326 e. The standard InChI is InChI=1S/C17H24N2O2/c1-13-4-3-10-19(12-13)11-9-17(21)18-16-7-5-15(6-8-16)14(2)20/h5-8,13H,3-4,9-12H2,1-2H3,(H,18,21). The van der Waals surface area contributed by atoms with E-state index in [1.807, 2.05) is 0 Å². The number of carbonyl (C=O) groups excluding carboxylic acids is 2. The van der Waals surface area contributed by atoms with E-state index in [1.54, 1.807) is 24.3 Å². The first-order valence-corrected chi connectivity index (χ1v) is 7.68. The van der Waals surface area contributed by atoms with Gasteiger partial charge in [0.25, 0.3) is 0 Å². The van der Waals surface area contributed by atoms with E-state index < -0.39 is 0 Å². The van der Waals surface area contributed by atoms with Crippen LogP contribution < -0.4 is 5.32 Å². The smallest absolute Gasteiger partial charge is 0.225 e. The van der Waals surface area contributed by atoms with Crippen molar-refractivity contribution >= 4 is 17.4 Å². The number of ketones is 1. The number of likely N-dealkylation sites (tertiary alicyclic amines) is 1. The van der Waals surface area contributed by atoms with Crippen molar-refractivity contribution < 1.29 is 9.59 Å². The summed E-state index contributed by atoms with van der Waals surface area (Å²) in [6, 6.07) is 7.03. The molecule has 1 N–H and O–H groups in total. The zero-order chi connectivity index (χ0) is 15.2. The molecule has 1 aromatic carbocycles. The Labute approximate surface area is 126 Å². The Morgan fingerprint density at radius 2 is 2.00 bits per heavy atom. The maximum Gasteiger partial charge on any atom is 0.225 e. The van der Waals surface area contributed by atoms with Crippen molar-refractivity contribution in [2.45, 2.75) is 33.1 Å². The van der Waals surface area contributed by atoms with Crippen LogP contribution in [0.3, 0.4) is 0 Å². The molecule has 114 valence electrons. The second-order valence-electron chi connectivity index (χ2n) is 5.98. The van der Waals surface area contributed by atoms with Crippen molar-refractivity contribution in [2.24, 2.45) is 5.92 Å². The fraction of sp³-hybridized carbons (Fsp3) is 0.529. The predicted octanol–water partition coefficient (Wildman–Crippen LogP) is 2.95. The molecule has 1 aliphatic rings. The van der Waals surface area contributed by atoms with Gasteiger partial charge in [-0.1, -0.05) is 6.92 Å². The van der Waals surface area contributed by atoms with E-state index in [0.29, 0.717) is 12.0 Å². The summed E-state index contributed by atoms with van der Waals surface area (Å²) in [7, 11) is 0. The van der Waals surface area contributed by atoms with Crippen molar-refractivity contribution in [3.05, 3.63) is 29.8 Å². The quantitative estimate of drug-likeness (QED) is 0.847. The van der Waals surface area contributed by atoms with Crippen molar-refractivity contribution in [2.75, 3.05) is 25.0 Å². The Hall–Kier alpha value is -1.68. The summed E-state index contributed by atoms with van der Waals surface area (Å²) in [5.74, 6) is 0.803. The van der Waals surface area contributed by atoms with Gasteiger partial charge in [0.05, 0.1) is 0 Å². The second kappa shape index (κ2) is 7.36. The van der Waals surface area contributed by atoms with Crippen LogP contribution in [0.25, 0.3) is 0 Å². The number of anilines is 1. The molecule has 2 rings (SSSR count). The van der Waals surface area contributed by atoms with Crippen LogP contribution in [0.5, 0.6) is 0 Å². The zero-order valence-electron chi connectivity index (χ0n) is 12.9. The number of amides is 1. The van der Waals surface area contributed by atoms with E-state index in [2.05, 4.69) is 17.1 Å². The molecule has 4 heteroatoms. The number of nitrogens with zero attached hydrogens (tertiary/aromatic N) is 1. The Kier molecular flexibility index (Phi) is 5.51. The van der Waals surface area contributed by atoms with E-state index in [-0.39, 0.29) is 11.7 Å². The molecule has 0 radical (unpaired) electrons. The van der Waals surface area contributed by atoms with Gasteiger partial charge in [-0.2, -0.15) is 0 Å². The third kappa shape index (κ3) is 4.97. The zero-order valence-corrected chi connectivity index (χ0v) is 12.9. The van der Waals surface area contributed by atoms with Crippen LogP contribution in [0.1, 0.15) is 43.5 Å². The summed E-state index contributed by atoms with van der Waals surface area (Å²) in [6.07, 6.45) is 3.04. The molecule has 1 saturated heterocycles. The molecule has 1 atom stereocenters. The average Bonchev–Trinajstić information content (AvgIpc) is 2.46. The summed E-state index contributed by atoms with van der Waals surface area (Å²) in [5, 5.41) is 2.88. The van der Waals surface area contributed by atoms with Gasteiger partial charge in [0, 0.05) is 30.8 Å². The molecular formula is C17H24N2O2. The van der Waals surface area contributed by atoms with Crippen molar-refractivity contribution in [3.63, 3.8) is 0 Å². The molecule has 0 spiro atoms. The number of benzene rings is 1. The highest BCUT2D eigenvalue weighted by Crippen LogP contribution is 2.16. The van der Waals surface area contributed by atoms with Gasteiger partial charge >= 0.3 is 0 Å². The highest BCUT2D eigenvalue weighted by atomic mass is 16.1. The molecule has 21 heavy (non-hydrogen) atoms. The topological polar surface area (TPSA) is 49.4 Å². The lowest BCUT2D eigenvalue weighted by Crippen LogP contribution is -2.36. The van der Waals surface area contributed by atoms with Crippen molar-refractivity contribution in [1.29, 1.82) is 0 Å². The molecule has 0 saturated carbocycles. The van der Waals surface area contributed by atoms with Crippen molar-refractivity contribution in [1.82, 2.24) is 4.90 Å². The lowest BCUT2D eigenvalue weighted by molar-refractivity contribution is -0.116. The Balaban J connectivity index is 1.77. The van der Waals surface area contributed by atoms with Crippen LogP contribution in [-0.4, -0.2) is 36.2 Å². The van der Waals surface area contributed by atoms with Gasteiger partial charge in [0.15, 0.2) is 5.78 Å². The molecule has 1 fully saturated rings. The molecular weight excluding hydrogens is 264 g/mol. The summed E-state index contributed by atoms with van der Waals surface area (Å²) in [6.45, 7) is 6.82. The van der Waals surface area contributed by atoms with Crippen LogP contribution in [0.15, 0.2) is 24.3 Å². The van der Waals surface area contributed by atoms with Crippen LogP contribution in [0.4, 0.5) is 5.69 Å². The molecule has 0 aliphatic carbocycles. The van der Waals surface area contributed by atoms with Gasteiger partial charge in [-0.05, 0) is 56.5 Å². The number of hydrogen-bond acceptors (Lipinski definition) is 3. The van der Waals surface area contributed by atoms with Crippen LogP contribution in [0, 0.1) is 5.92 Å². The largest absolute Gasteiger partial charge is 0.326 e. The molecule has 0 aromatic heterocycles. The number of nitrogens with one attached hydrogen (secondary N) is 1. The maximum atomic E-state index is 12.0. The molecule has 1 amide bonds. The minimum absolute atomic E-state index is 0.0313. The molecule has 1 unspecified atom stereocenters. The van der Waals surface area contributed by atoms with Gasteiger partial charge in [0.1, 0.15) is 0 Å². The number of Topliss-reactive ketones (excluding diaryl/α,β-unsaturated/α-hetero) is 1. The second-order valence-corrected chi connectivity index (χ2v) is 5.98. The molecule has 1 aliphatic heterocycles. The van der Waals surface area contributed by atoms with Crippen LogP contribution >= 0.6 is 0 Å². The van der Waals surface area contributed by atoms with Gasteiger partial charge in [-0.3, -0.25) is 9.59 Å². The number of piperidine rings is 1. The average molecular weight is 288 g/mol. The van der Waals surface area contributed by atoms with Crippen LogP contribution in [-0.2, 0) is 4.79 Å². The number of hydrogen-bond donors (Lipinski definition) is 1. The first-order valence-electron chi connectivity index (χ1n) is 7.68. The van der Waals surface area contributed by atoms with Gasteiger partial charge < -0.3 is 10.2 Å². The van der Waals surface area contributed by atoms with E-state index in [0.717, 1.165) is 31.2 Å². The lowest BCUT2D eigenvalue weighted by Gasteiger charge is -2.30. The first kappa shape index (κ1) is 15.7. The first-order chi connectivity index (χ1) is 10.0. The van der Waals surface area contributed by atoms with E-state index in [9.17, 15) is 9.59 Å². The van der Waals surface area contributed by atoms with Crippen LogP contribution in [0.2, 0.25) is 0 Å². The fourth-order valence-electron chi connectivity index (χ4n) is 2.76. The number of carbonyl (C=O) groups is 2. The summed E-state index contributed by atoms with van der Waals surface area (Å²) in [4.78, 5) is 25.5. The van der Waals surface area contributed by atoms with Gasteiger partial charge in [-0.25, -0.2) is 0 Å².